The Morgan fingerprint density at radius 1 is 1.15 bits per heavy atom. The van der Waals surface area contributed by atoms with E-state index in [0.29, 0.717) is 41.9 Å². The van der Waals surface area contributed by atoms with Gasteiger partial charge in [0, 0.05) is 5.56 Å². The van der Waals surface area contributed by atoms with Crippen LogP contribution in [0.3, 0.4) is 0 Å². The Morgan fingerprint density at radius 3 is 2.77 bits per heavy atom. The lowest BCUT2D eigenvalue weighted by molar-refractivity contribution is -0.129. The van der Waals surface area contributed by atoms with Crippen LogP contribution >= 0.6 is 0 Å². The third kappa shape index (κ3) is 2.90. The van der Waals surface area contributed by atoms with Crippen LogP contribution in [0.5, 0.6) is 17.2 Å². The largest absolute Gasteiger partial charge is 0.493 e. The molecule has 0 unspecified atom stereocenters. The van der Waals surface area contributed by atoms with Gasteiger partial charge >= 0.3 is 5.97 Å². The van der Waals surface area contributed by atoms with E-state index in [0.717, 1.165) is 11.1 Å². The Hall–Kier alpha value is -3.28. The molecule has 4 rings (SSSR count). The lowest BCUT2D eigenvalue weighted by Gasteiger charge is -2.20. The van der Waals surface area contributed by atoms with E-state index >= 15 is 0 Å². The van der Waals surface area contributed by atoms with Crippen molar-refractivity contribution in [2.75, 3.05) is 20.3 Å². The van der Waals surface area contributed by atoms with Gasteiger partial charge in [-0.25, -0.2) is 9.79 Å². The summed E-state index contributed by atoms with van der Waals surface area (Å²) >= 11 is 0. The third-order valence-corrected chi connectivity index (χ3v) is 4.15. The fourth-order valence-electron chi connectivity index (χ4n) is 2.87. The molecule has 6 heteroatoms. The third-order valence-electron chi connectivity index (χ3n) is 4.15. The molecule has 0 spiro atoms. The average Bonchev–Trinajstić information content (AvgIpc) is 3.01. The second-order valence-electron chi connectivity index (χ2n) is 5.90. The van der Waals surface area contributed by atoms with Crippen LogP contribution in [0.25, 0.3) is 6.08 Å². The number of ether oxygens (including phenoxy) is 4. The number of hydrogen-bond donors (Lipinski definition) is 0. The van der Waals surface area contributed by atoms with E-state index < -0.39 is 5.97 Å². The van der Waals surface area contributed by atoms with E-state index in [1.807, 2.05) is 31.2 Å². The number of benzene rings is 2. The minimum Gasteiger partial charge on any atom is -0.493 e. The van der Waals surface area contributed by atoms with E-state index in [1.54, 1.807) is 25.3 Å². The van der Waals surface area contributed by atoms with Gasteiger partial charge in [0.2, 0.25) is 11.6 Å². The van der Waals surface area contributed by atoms with E-state index in [2.05, 4.69) is 4.99 Å². The number of cyclic esters (lactones) is 1. The maximum atomic E-state index is 12.2. The number of methoxy groups -OCH3 is 1. The second-order valence-corrected chi connectivity index (χ2v) is 5.90. The molecule has 0 radical (unpaired) electrons. The van der Waals surface area contributed by atoms with Gasteiger partial charge in [0.15, 0.2) is 17.2 Å². The number of aliphatic imine (C=N–C) groups is 1. The lowest BCUT2D eigenvalue weighted by Crippen LogP contribution is -2.16. The van der Waals surface area contributed by atoms with Crippen molar-refractivity contribution in [3.8, 4) is 17.2 Å². The predicted octanol–water partition coefficient (Wildman–Crippen LogP) is 3.12. The monoisotopic (exact) mass is 351 g/mol. The summed E-state index contributed by atoms with van der Waals surface area (Å²) in [6.07, 6.45) is 1.65. The first-order chi connectivity index (χ1) is 12.7. The normalized spacial score (nSPS) is 17.1. The van der Waals surface area contributed by atoms with Gasteiger partial charge in [-0.2, -0.15) is 0 Å². The molecule has 0 amide bonds. The Kier molecular flexibility index (Phi) is 4.08. The van der Waals surface area contributed by atoms with Gasteiger partial charge in [0.05, 0.1) is 7.11 Å². The van der Waals surface area contributed by atoms with Crippen LogP contribution in [0.1, 0.15) is 16.7 Å². The second kappa shape index (κ2) is 6.55. The van der Waals surface area contributed by atoms with Gasteiger partial charge in [-0.15, -0.1) is 0 Å². The van der Waals surface area contributed by atoms with Gasteiger partial charge in [-0.05, 0) is 42.3 Å². The van der Waals surface area contributed by atoms with E-state index in [4.69, 9.17) is 18.9 Å². The lowest BCUT2D eigenvalue weighted by atomic mass is 10.1. The van der Waals surface area contributed by atoms with Crippen molar-refractivity contribution in [2.45, 2.75) is 6.92 Å². The summed E-state index contributed by atoms with van der Waals surface area (Å²) in [6.45, 7) is 2.88. The number of fused-ring (bicyclic) bond motifs is 1. The van der Waals surface area contributed by atoms with Crippen LogP contribution in [0.4, 0.5) is 0 Å². The van der Waals surface area contributed by atoms with Crippen molar-refractivity contribution in [2.24, 2.45) is 4.99 Å². The molecule has 26 heavy (non-hydrogen) atoms. The van der Waals surface area contributed by atoms with Gasteiger partial charge in [-0.1, -0.05) is 18.2 Å². The Labute approximate surface area is 150 Å². The number of rotatable bonds is 3. The van der Waals surface area contributed by atoms with Crippen LogP contribution in [0.15, 0.2) is 47.1 Å². The SMILES string of the molecule is COc1cc(/C=C2\N=C(c3ccccc3C)OC2=O)cc2c1OCCO2. The summed E-state index contributed by atoms with van der Waals surface area (Å²) < 4.78 is 21.9. The van der Waals surface area contributed by atoms with Crippen LogP contribution < -0.4 is 14.2 Å². The van der Waals surface area contributed by atoms with Crippen molar-refractivity contribution < 1.29 is 23.7 Å². The standard InChI is InChI=1S/C20H17NO5/c1-12-5-3-4-6-14(12)19-21-15(20(22)26-19)9-13-10-16(23-2)18-17(11-13)24-7-8-25-18/h3-6,9-11H,7-8H2,1-2H3/b15-9-. The van der Waals surface area contributed by atoms with Gasteiger partial charge in [0.25, 0.3) is 0 Å². The maximum absolute atomic E-state index is 12.2. The zero-order chi connectivity index (χ0) is 18.1. The van der Waals surface area contributed by atoms with Gasteiger partial charge < -0.3 is 18.9 Å². The number of carbonyl (C=O) groups excluding carboxylic acids is 1. The minimum atomic E-state index is -0.489. The highest BCUT2D eigenvalue weighted by atomic mass is 16.6. The van der Waals surface area contributed by atoms with Crippen LogP contribution in [0, 0.1) is 6.92 Å². The molecular formula is C20H17NO5. The molecule has 0 N–H and O–H groups in total. The zero-order valence-electron chi connectivity index (χ0n) is 14.4. The van der Waals surface area contributed by atoms with Gasteiger partial charge in [-0.3, -0.25) is 0 Å². The molecule has 132 valence electrons. The first-order valence-corrected chi connectivity index (χ1v) is 8.22. The Balaban J connectivity index is 1.72. The quantitative estimate of drug-likeness (QED) is 0.628. The van der Waals surface area contributed by atoms with Crippen molar-refractivity contribution in [1.29, 1.82) is 0 Å². The smallest absolute Gasteiger partial charge is 0.363 e. The van der Waals surface area contributed by atoms with E-state index in [1.165, 1.54) is 0 Å². The molecular weight excluding hydrogens is 334 g/mol. The van der Waals surface area contributed by atoms with Crippen LogP contribution in [-0.4, -0.2) is 32.2 Å². The number of aryl methyl sites for hydroxylation is 1. The molecule has 6 nitrogen and oxygen atoms in total. The molecule has 0 atom stereocenters. The highest BCUT2D eigenvalue weighted by Gasteiger charge is 2.26. The molecule has 0 bridgehead atoms. The zero-order valence-corrected chi connectivity index (χ0v) is 14.4. The van der Waals surface area contributed by atoms with Crippen molar-refractivity contribution in [3.63, 3.8) is 0 Å². The molecule has 0 aromatic heterocycles. The number of nitrogens with zero attached hydrogens (tertiary/aromatic N) is 1. The first kappa shape index (κ1) is 16.2. The summed E-state index contributed by atoms with van der Waals surface area (Å²) in [5.41, 5.74) is 2.72. The minimum absolute atomic E-state index is 0.224. The summed E-state index contributed by atoms with van der Waals surface area (Å²) in [5, 5.41) is 0. The first-order valence-electron chi connectivity index (χ1n) is 8.22. The predicted molar refractivity (Wildman–Crippen MR) is 95.8 cm³/mol. The Morgan fingerprint density at radius 2 is 1.96 bits per heavy atom. The van der Waals surface area contributed by atoms with Crippen molar-refractivity contribution >= 4 is 17.9 Å². The summed E-state index contributed by atoms with van der Waals surface area (Å²) in [5.74, 6) is 1.51. The maximum Gasteiger partial charge on any atom is 0.363 e. The molecule has 2 heterocycles. The Bertz CT molecular complexity index is 928. The van der Waals surface area contributed by atoms with E-state index in [9.17, 15) is 4.79 Å². The highest BCUT2D eigenvalue weighted by Crippen LogP contribution is 2.41. The summed E-state index contributed by atoms with van der Waals surface area (Å²) in [4.78, 5) is 16.6. The average molecular weight is 351 g/mol. The molecule has 2 aliphatic heterocycles. The summed E-state index contributed by atoms with van der Waals surface area (Å²) in [7, 11) is 1.56. The molecule has 2 aromatic rings. The van der Waals surface area contributed by atoms with Crippen LogP contribution in [0.2, 0.25) is 0 Å². The molecule has 2 aromatic carbocycles. The number of hydrogen-bond acceptors (Lipinski definition) is 6. The topological polar surface area (TPSA) is 66.4 Å². The number of esters is 1. The fourth-order valence-corrected chi connectivity index (χ4v) is 2.87. The highest BCUT2D eigenvalue weighted by molar-refractivity contribution is 6.13. The molecule has 0 saturated heterocycles. The van der Waals surface area contributed by atoms with Crippen LogP contribution in [-0.2, 0) is 9.53 Å². The van der Waals surface area contributed by atoms with Crippen molar-refractivity contribution in [1.82, 2.24) is 0 Å². The summed E-state index contributed by atoms with van der Waals surface area (Å²) in [6, 6.07) is 11.2. The van der Waals surface area contributed by atoms with Gasteiger partial charge in [0.1, 0.15) is 13.2 Å². The molecule has 0 aliphatic carbocycles. The number of carbonyl (C=O) groups is 1. The fraction of sp³-hybridized carbons (Fsp3) is 0.200. The van der Waals surface area contributed by atoms with E-state index in [-0.39, 0.29) is 5.70 Å². The van der Waals surface area contributed by atoms with Crippen molar-refractivity contribution in [3.05, 3.63) is 58.8 Å². The molecule has 0 saturated carbocycles. The molecule has 0 fully saturated rings. The molecule has 2 aliphatic rings.